The van der Waals surface area contributed by atoms with Crippen LogP contribution in [0.15, 0.2) is 5.28 Å². The number of nitrogens with zero attached hydrogens (tertiary/aromatic N) is 3. The molecule has 0 aromatic carbocycles. The fourth-order valence-corrected chi connectivity index (χ4v) is 1.74. The smallest absolute Gasteiger partial charge is 0.511 e. The maximum absolute atomic E-state index is 11.6. The van der Waals surface area contributed by atoms with Gasteiger partial charge in [-0.2, -0.15) is 0 Å². The van der Waals surface area contributed by atoms with Gasteiger partial charge in [0.15, 0.2) is 0 Å². The summed E-state index contributed by atoms with van der Waals surface area (Å²) >= 11 is 0. The molecule has 0 saturated carbocycles. The van der Waals surface area contributed by atoms with Crippen molar-refractivity contribution in [1.29, 1.82) is 0 Å². The molecule has 9 heteroatoms. The standard InChI is InChI=1S/C11H21N3O6/c1-3-18-11(16)19-9(2)20-12-14(17)13-6-4-10(8-15)5-7-13/h9-10,15H,3-8H2,1-2H3. The molecule has 1 unspecified atom stereocenters. The Morgan fingerprint density at radius 2 is 2.20 bits per heavy atom. The summed E-state index contributed by atoms with van der Waals surface area (Å²) in [4.78, 5) is 16.1. The molecule has 0 spiro atoms. The van der Waals surface area contributed by atoms with Crippen LogP contribution in [-0.4, -0.2) is 53.8 Å². The number of aliphatic hydroxyl groups is 1. The first-order valence-corrected chi connectivity index (χ1v) is 6.60. The highest BCUT2D eigenvalue weighted by atomic mass is 16.8. The molecular weight excluding hydrogens is 270 g/mol. The van der Waals surface area contributed by atoms with Gasteiger partial charge in [0.1, 0.15) is 0 Å². The van der Waals surface area contributed by atoms with Crippen molar-refractivity contribution in [1.82, 2.24) is 5.01 Å². The Morgan fingerprint density at radius 1 is 1.55 bits per heavy atom. The molecule has 1 heterocycles. The van der Waals surface area contributed by atoms with Gasteiger partial charge in [0.2, 0.25) is 5.28 Å². The lowest BCUT2D eigenvalue weighted by Crippen LogP contribution is -2.39. The first-order chi connectivity index (χ1) is 9.56. The molecule has 0 aromatic heterocycles. The van der Waals surface area contributed by atoms with Crippen molar-refractivity contribution in [3.8, 4) is 0 Å². The van der Waals surface area contributed by atoms with Crippen molar-refractivity contribution in [2.75, 3.05) is 26.3 Å². The van der Waals surface area contributed by atoms with E-state index in [0.29, 0.717) is 18.1 Å². The van der Waals surface area contributed by atoms with Crippen LogP contribution < -0.4 is 0 Å². The van der Waals surface area contributed by atoms with Crippen molar-refractivity contribution < 1.29 is 29.2 Å². The van der Waals surface area contributed by atoms with E-state index < -0.39 is 12.4 Å². The lowest BCUT2D eigenvalue weighted by Gasteiger charge is -2.26. The van der Waals surface area contributed by atoms with Crippen LogP contribution in [0.3, 0.4) is 0 Å². The zero-order valence-corrected chi connectivity index (χ0v) is 11.7. The number of carbonyl (C=O) groups excluding carboxylic acids is 1. The van der Waals surface area contributed by atoms with Crippen molar-refractivity contribution in [2.24, 2.45) is 11.2 Å². The van der Waals surface area contributed by atoms with Crippen molar-refractivity contribution in [3.05, 3.63) is 5.21 Å². The van der Waals surface area contributed by atoms with Gasteiger partial charge in [-0.1, -0.05) is 0 Å². The Hall–Kier alpha value is -1.77. The Labute approximate surface area is 117 Å². The quantitative estimate of drug-likeness (QED) is 0.256. The fourth-order valence-electron chi connectivity index (χ4n) is 1.74. The Balaban J connectivity index is 2.32. The van der Waals surface area contributed by atoms with Crippen LogP contribution >= 0.6 is 0 Å². The van der Waals surface area contributed by atoms with Gasteiger partial charge < -0.3 is 19.8 Å². The summed E-state index contributed by atoms with van der Waals surface area (Å²) in [6, 6.07) is 0. The van der Waals surface area contributed by atoms with Gasteiger partial charge in [0.25, 0.3) is 6.29 Å². The van der Waals surface area contributed by atoms with E-state index >= 15 is 0 Å². The van der Waals surface area contributed by atoms with Crippen LogP contribution in [0.25, 0.3) is 0 Å². The molecule has 116 valence electrons. The van der Waals surface area contributed by atoms with E-state index in [9.17, 15) is 10.0 Å². The molecule has 0 bridgehead atoms. The second-order valence-electron chi connectivity index (χ2n) is 4.39. The summed E-state index contributed by atoms with van der Waals surface area (Å²) in [5.41, 5.74) is 0. The Morgan fingerprint density at radius 3 is 2.75 bits per heavy atom. The number of hydrogen-bond acceptors (Lipinski definition) is 7. The number of rotatable bonds is 6. The number of piperidine rings is 1. The number of hydrazine groups is 1. The maximum atomic E-state index is 11.6. The summed E-state index contributed by atoms with van der Waals surface area (Å²) in [6.07, 6.45) is -0.448. The molecule has 0 radical (unpaired) electrons. The molecule has 1 aliphatic heterocycles. The summed E-state index contributed by atoms with van der Waals surface area (Å²) in [5.74, 6) is 0.228. The zero-order chi connectivity index (χ0) is 15.0. The minimum Gasteiger partial charge on any atom is -0.569 e. The topological polar surface area (TPSA) is 107 Å². The van der Waals surface area contributed by atoms with Gasteiger partial charge in [0.05, 0.1) is 24.7 Å². The first kappa shape index (κ1) is 16.3. The molecule has 1 N–H and O–H groups in total. The van der Waals surface area contributed by atoms with Gasteiger partial charge in [-0.15, -0.1) is 5.01 Å². The first-order valence-electron chi connectivity index (χ1n) is 6.60. The van der Waals surface area contributed by atoms with E-state index in [1.165, 1.54) is 11.9 Å². The highest BCUT2D eigenvalue weighted by Crippen LogP contribution is 2.16. The summed E-state index contributed by atoms with van der Waals surface area (Å²) < 4.78 is 9.22. The predicted molar refractivity (Wildman–Crippen MR) is 66.1 cm³/mol. The third-order valence-corrected chi connectivity index (χ3v) is 2.88. The molecule has 0 aliphatic carbocycles. The SMILES string of the molecule is CCOC(=O)OC(C)ON=[N+]([O-])N1CCC(CO)CC1. The van der Waals surface area contributed by atoms with E-state index in [0.717, 1.165) is 12.8 Å². The number of aliphatic hydroxyl groups excluding tert-OH is 1. The average molecular weight is 291 g/mol. The molecule has 9 nitrogen and oxygen atoms in total. The summed E-state index contributed by atoms with van der Waals surface area (Å²) in [7, 11) is 0. The van der Waals surface area contributed by atoms with Crippen molar-refractivity contribution >= 4 is 6.16 Å². The third-order valence-electron chi connectivity index (χ3n) is 2.88. The minimum absolute atomic E-state index is 0.130. The van der Waals surface area contributed by atoms with Crippen molar-refractivity contribution in [2.45, 2.75) is 33.0 Å². The lowest BCUT2D eigenvalue weighted by molar-refractivity contribution is -0.715. The fraction of sp³-hybridized carbons (Fsp3) is 0.909. The van der Waals surface area contributed by atoms with E-state index in [1.54, 1.807) is 6.92 Å². The minimum atomic E-state index is -1.01. The maximum Gasteiger partial charge on any atom is 0.511 e. The molecule has 1 rings (SSSR count). The van der Waals surface area contributed by atoms with Crippen LogP contribution in [0.2, 0.25) is 0 Å². The van der Waals surface area contributed by atoms with Gasteiger partial charge in [0, 0.05) is 13.5 Å². The number of carbonyl (C=O) groups is 1. The predicted octanol–water partition coefficient (Wildman–Crippen LogP) is 1.02. The number of ether oxygens (including phenoxy) is 2. The third kappa shape index (κ3) is 5.47. The lowest BCUT2D eigenvalue weighted by atomic mass is 9.99. The second-order valence-corrected chi connectivity index (χ2v) is 4.39. The summed E-state index contributed by atoms with van der Waals surface area (Å²) in [5, 5.41) is 25.4. The van der Waals surface area contributed by atoms with Gasteiger partial charge in [-0.25, -0.2) is 4.79 Å². The molecule has 1 atom stereocenters. The van der Waals surface area contributed by atoms with Crippen LogP contribution in [0.1, 0.15) is 26.7 Å². The van der Waals surface area contributed by atoms with E-state index in [2.05, 4.69) is 14.8 Å². The monoisotopic (exact) mass is 291 g/mol. The van der Waals surface area contributed by atoms with E-state index in [-0.39, 0.29) is 19.1 Å². The van der Waals surface area contributed by atoms with Crippen LogP contribution in [0, 0.1) is 11.1 Å². The van der Waals surface area contributed by atoms with Crippen molar-refractivity contribution in [3.63, 3.8) is 0 Å². The average Bonchev–Trinajstić information content (AvgIpc) is 2.45. The highest BCUT2D eigenvalue weighted by molar-refractivity contribution is 5.59. The molecule has 0 amide bonds. The highest BCUT2D eigenvalue weighted by Gasteiger charge is 2.24. The van der Waals surface area contributed by atoms with Crippen LogP contribution in [0.4, 0.5) is 4.79 Å². The zero-order valence-electron chi connectivity index (χ0n) is 11.7. The molecule has 1 fully saturated rings. The molecule has 1 aliphatic rings. The molecule has 20 heavy (non-hydrogen) atoms. The van der Waals surface area contributed by atoms with Gasteiger partial charge >= 0.3 is 6.16 Å². The largest absolute Gasteiger partial charge is 0.569 e. The van der Waals surface area contributed by atoms with Gasteiger partial charge in [-0.05, 0) is 25.7 Å². The summed E-state index contributed by atoms with van der Waals surface area (Å²) in [6.45, 7) is 4.38. The normalized spacial score (nSPS) is 18.6. The van der Waals surface area contributed by atoms with E-state index in [1.807, 2.05) is 0 Å². The number of hydrogen-bond donors (Lipinski definition) is 1. The molecule has 0 aromatic rings. The second kappa shape index (κ2) is 8.41. The van der Waals surface area contributed by atoms with Gasteiger partial charge in [-0.3, -0.25) is 4.84 Å². The Bertz CT molecular complexity index is 330. The van der Waals surface area contributed by atoms with Crippen LogP contribution in [0.5, 0.6) is 0 Å². The molecule has 1 saturated heterocycles. The van der Waals surface area contributed by atoms with E-state index in [4.69, 9.17) is 9.94 Å². The van der Waals surface area contributed by atoms with Crippen LogP contribution in [-0.2, 0) is 14.3 Å². The Kier molecular flexibility index (Phi) is 6.85. The molecular formula is C11H21N3O6.